The summed E-state index contributed by atoms with van der Waals surface area (Å²) in [5.74, 6) is 0. The van der Waals surface area contributed by atoms with Gasteiger partial charge in [0, 0.05) is 39.1 Å². The molecule has 0 amide bonds. The number of thiophene rings is 1. The van der Waals surface area contributed by atoms with E-state index in [1.807, 2.05) is 0 Å². The first-order valence-corrected chi connectivity index (χ1v) is 8.70. The van der Waals surface area contributed by atoms with Crippen molar-refractivity contribution in [1.29, 1.82) is 0 Å². The first kappa shape index (κ1) is 13.5. The molecule has 1 spiro atoms. The molecule has 2 saturated heterocycles. The Kier molecular flexibility index (Phi) is 3.65. The Bertz CT molecular complexity index is 514. The van der Waals surface area contributed by atoms with Gasteiger partial charge >= 0.3 is 0 Å². The highest BCUT2D eigenvalue weighted by Crippen LogP contribution is 2.32. The number of rotatable bonds is 2. The fourth-order valence-corrected chi connectivity index (χ4v) is 5.24. The van der Waals surface area contributed by atoms with Crippen LogP contribution in [0.15, 0.2) is 21.7 Å². The summed E-state index contributed by atoms with van der Waals surface area (Å²) in [5, 5.41) is 1.79. The summed E-state index contributed by atoms with van der Waals surface area (Å²) in [6.07, 6.45) is 1.53. The van der Waals surface area contributed by atoms with Gasteiger partial charge in [-0.3, -0.25) is 0 Å². The summed E-state index contributed by atoms with van der Waals surface area (Å²) < 4.78 is 38.2. The highest BCUT2D eigenvalue weighted by molar-refractivity contribution is 7.91. The standard InChI is InChI=1S/C12H17NO4S2/c14-19(15,11-2-1-9-18-11)13-5-8-17-12(10-13)3-6-16-7-4-12/h1-2,9H,3-8,10H2. The molecule has 19 heavy (non-hydrogen) atoms. The molecule has 2 aliphatic heterocycles. The summed E-state index contributed by atoms with van der Waals surface area (Å²) in [6.45, 7) is 2.63. The highest BCUT2D eigenvalue weighted by Gasteiger charge is 2.42. The fourth-order valence-electron chi connectivity index (χ4n) is 2.60. The van der Waals surface area contributed by atoms with E-state index < -0.39 is 10.0 Å². The van der Waals surface area contributed by atoms with Crippen LogP contribution in [0.25, 0.3) is 0 Å². The third-order valence-electron chi connectivity index (χ3n) is 3.71. The van der Waals surface area contributed by atoms with Gasteiger partial charge in [-0.2, -0.15) is 4.31 Å². The Hall–Kier alpha value is -0.470. The van der Waals surface area contributed by atoms with Crippen LogP contribution in [0.2, 0.25) is 0 Å². The van der Waals surface area contributed by atoms with Crippen molar-refractivity contribution in [2.45, 2.75) is 22.7 Å². The molecule has 7 heteroatoms. The molecule has 0 unspecified atom stereocenters. The maximum atomic E-state index is 12.5. The Morgan fingerprint density at radius 3 is 2.74 bits per heavy atom. The predicted molar refractivity (Wildman–Crippen MR) is 71.8 cm³/mol. The second-order valence-corrected chi connectivity index (χ2v) is 8.03. The summed E-state index contributed by atoms with van der Waals surface area (Å²) in [6, 6.07) is 3.42. The normalized spacial score (nSPS) is 24.6. The monoisotopic (exact) mass is 303 g/mol. The fraction of sp³-hybridized carbons (Fsp3) is 0.667. The lowest BCUT2D eigenvalue weighted by molar-refractivity contribution is -0.139. The Labute approximate surface area is 117 Å². The van der Waals surface area contributed by atoms with Gasteiger partial charge in [-0.25, -0.2) is 8.42 Å². The van der Waals surface area contributed by atoms with Crippen molar-refractivity contribution in [3.63, 3.8) is 0 Å². The predicted octanol–water partition coefficient (Wildman–Crippen LogP) is 1.32. The number of hydrogen-bond acceptors (Lipinski definition) is 5. The molecule has 3 rings (SSSR count). The molecular weight excluding hydrogens is 286 g/mol. The molecule has 0 N–H and O–H groups in total. The van der Waals surface area contributed by atoms with Crippen molar-refractivity contribution >= 4 is 21.4 Å². The van der Waals surface area contributed by atoms with E-state index in [0.29, 0.717) is 37.1 Å². The lowest BCUT2D eigenvalue weighted by atomic mass is 9.93. The molecule has 0 aliphatic carbocycles. The van der Waals surface area contributed by atoms with Crippen molar-refractivity contribution in [1.82, 2.24) is 4.31 Å². The molecular formula is C12H17NO4S2. The van der Waals surface area contributed by atoms with Crippen LogP contribution in [0.5, 0.6) is 0 Å². The van der Waals surface area contributed by atoms with Crippen molar-refractivity contribution in [2.75, 3.05) is 32.9 Å². The smallest absolute Gasteiger partial charge is 0.252 e. The molecule has 3 heterocycles. The van der Waals surface area contributed by atoms with Crippen LogP contribution in [0, 0.1) is 0 Å². The topological polar surface area (TPSA) is 55.8 Å². The summed E-state index contributed by atoms with van der Waals surface area (Å²) >= 11 is 1.26. The molecule has 1 aromatic heterocycles. The minimum absolute atomic E-state index is 0.346. The molecule has 5 nitrogen and oxygen atoms in total. The van der Waals surface area contributed by atoms with Crippen molar-refractivity contribution in [2.24, 2.45) is 0 Å². The zero-order valence-electron chi connectivity index (χ0n) is 10.6. The lowest BCUT2D eigenvalue weighted by Crippen LogP contribution is -2.55. The largest absolute Gasteiger partial charge is 0.381 e. The summed E-state index contributed by atoms with van der Waals surface area (Å²) in [4.78, 5) is 0. The molecule has 2 fully saturated rings. The first-order valence-electron chi connectivity index (χ1n) is 6.38. The van der Waals surface area contributed by atoms with Crippen LogP contribution in [0.3, 0.4) is 0 Å². The number of morpholine rings is 1. The molecule has 2 aliphatic rings. The van der Waals surface area contributed by atoms with Crippen molar-refractivity contribution in [3.8, 4) is 0 Å². The Balaban J connectivity index is 1.82. The second kappa shape index (κ2) is 5.14. The van der Waals surface area contributed by atoms with E-state index in [9.17, 15) is 8.42 Å². The van der Waals surface area contributed by atoms with Crippen LogP contribution in [0.4, 0.5) is 0 Å². The van der Waals surface area contributed by atoms with Gasteiger partial charge in [0.15, 0.2) is 0 Å². The Morgan fingerprint density at radius 1 is 1.26 bits per heavy atom. The average Bonchev–Trinajstić information content (AvgIpc) is 2.94. The van der Waals surface area contributed by atoms with Crippen LogP contribution >= 0.6 is 11.3 Å². The van der Waals surface area contributed by atoms with E-state index in [-0.39, 0.29) is 5.60 Å². The van der Waals surface area contributed by atoms with Crippen molar-refractivity contribution in [3.05, 3.63) is 17.5 Å². The van der Waals surface area contributed by atoms with Gasteiger partial charge in [0.25, 0.3) is 10.0 Å². The van der Waals surface area contributed by atoms with Gasteiger partial charge in [-0.15, -0.1) is 11.3 Å². The minimum atomic E-state index is -3.36. The SMILES string of the molecule is O=S(=O)(c1cccs1)N1CCOC2(CCOCC2)C1. The third-order valence-corrected chi connectivity index (χ3v) is 6.92. The number of hydrogen-bond donors (Lipinski definition) is 0. The first-order chi connectivity index (χ1) is 9.12. The summed E-state index contributed by atoms with van der Waals surface area (Å²) in [7, 11) is -3.36. The second-order valence-electron chi connectivity index (χ2n) is 4.91. The van der Waals surface area contributed by atoms with E-state index in [2.05, 4.69) is 0 Å². The van der Waals surface area contributed by atoms with Crippen LogP contribution in [-0.4, -0.2) is 51.2 Å². The zero-order chi connectivity index (χ0) is 13.3. The van der Waals surface area contributed by atoms with Crippen molar-refractivity contribution < 1.29 is 17.9 Å². The Morgan fingerprint density at radius 2 is 2.05 bits per heavy atom. The van der Waals surface area contributed by atoms with E-state index in [1.54, 1.807) is 21.8 Å². The number of ether oxygens (including phenoxy) is 2. The summed E-state index contributed by atoms with van der Waals surface area (Å²) in [5.41, 5.74) is -0.346. The van der Waals surface area contributed by atoms with E-state index in [0.717, 1.165) is 12.8 Å². The number of nitrogens with zero attached hydrogens (tertiary/aromatic N) is 1. The molecule has 1 aromatic rings. The number of sulfonamides is 1. The quantitative estimate of drug-likeness (QED) is 0.827. The van der Waals surface area contributed by atoms with Crippen LogP contribution in [0.1, 0.15) is 12.8 Å². The molecule has 0 saturated carbocycles. The maximum Gasteiger partial charge on any atom is 0.252 e. The van der Waals surface area contributed by atoms with E-state index in [4.69, 9.17) is 9.47 Å². The van der Waals surface area contributed by atoms with Gasteiger partial charge in [-0.1, -0.05) is 6.07 Å². The van der Waals surface area contributed by atoms with Gasteiger partial charge < -0.3 is 9.47 Å². The molecule has 0 bridgehead atoms. The van der Waals surface area contributed by atoms with Gasteiger partial charge in [0.05, 0.1) is 12.2 Å². The van der Waals surface area contributed by atoms with Gasteiger partial charge in [0.2, 0.25) is 0 Å². The maximum absolute atomic E-state index is 12.5. The molecule has 0 radical (unpaired) electrons. The third kappa shape index (κ3) is 2.57. The molecule has 106 valence electrons. The highest BCUT2D eigenvalue weighted by atomic mass is 32.2. The molecule has 0 aromatic carbocycles. The average molecular weight is 303 g/mol. The van der Waals surface area contributed by atoms with E-state index >= 15 is 0 Å². The zero-order valence-corrected chi connectivity index (χ0v) is 12.2. The van der Waals surface area contributed by atoms with Crippen LogP contribution in [-0.2, 0) is 19.5 Å². The lowest BCUT2D eigenvalue weighted by Gasteiger charge is -2.44. The van der Waals surface area contributed by atoms with Gasteiger partial charge in [0.1, 0.15) is 4.21 Å². The van der Waals surface area contributed by atoms with E-state index in [1.165, 1.54) is 11.3 Å². The minimum Gasteiger partial charge on any atom is -0.381 e. The van der Waals surface area contributed by atoms with Gasteiger partial charge in [-0.05, 0) is 11.4 Å². The van der Waals surface area contributed by atoms with Crippen LogP contribution < -0.4 is 0 Å². The molecule has 0 atom stereocenters.